The molecule has 0 aliphatic rings. The average molecular weight is 290 g/mol. The van der Waals surface area contributed by atoms with Gasteiger partial charge in [0.1, 0.15) is 0 Å². The van der Waals surface area contributed by atoms with Gasteiger partial charge in [-0.15, -0.1) is 0 Å². The van der Waals surface area contributed by atoms with Gasteiger partial charge in [0.15, 0.2) is 0 Å². The van der Waals surface area contributed by atoms with Crippen molar-refractivity contribution in [3.05, 3.63) is 41.5 Å². The second kappa shape index (κ2) is 7.84. The second-order valence-electron chi connectivity index (χ2n) is 4.38. The van der Waals surface area contributed by atoms with Gasteiger partial charge in [0.25, 0.3) is 0 Å². The van der Waals surface area contributed by atoms with Crippen LogP contribution >= 0.6 is 0 Å². The van der Waals surface area contributed by atoms with E-state index in [-0.39, 0.29) is 18.9 Å². The maximum absolute atomic E-state index is 11.9. The number of nitrogens with two attached hydrogens (primary N) is 1. The Kier molecular flexibility index (Phi) is 6.13. The van der Waals surface area contributed by atoms with E-state index in [1.165, 1.54) is 11.0 Å². The first-order valence-electron chi connectivity index (χ1n) is 6.52. The van der Waals surface area contributed by atoms with Gasteiger partial charge in [0.05, 0.1) is 6.42 Å². The SMILES string of the molecule is CCN(CCC(=O)O)C(=O)/C=C/c1ccc(C(N)=O)cc1. The van der Waals surface area contributed by atoms with E-state index in [1.807, 2.05) is 0 Å². The number of aliphatic carboxylic acids is 1. The van der Waals surface area contributed by atoms with Crippen molar-refractivity contribution in [2.24, 2.45) is 5.73 Å². The summed E-state index contributed by atoms with van der Waals surface area (Å²) in [5.74, 6) is -1.70. The lowest BCUT2D eigenvalue weighted by molar-refractivity contribution is -0.137. The number of carbonyl (C=O) groups excluding carboxylic acids is 2. The fourth-order valence-electron chi connectivity index (χ4n) is 1.69. The van der Waals surface area contributed by atoms with E-state index in [0.29, 0.717) is 12.1 Å². The quantitative estimate of drug-likeness (QED) is 0.735. The molecule has 2 amide bonds. The normalized spacial score (nSPS) is 10.5. The molecule has 1 rings (SSSR count). The molecule has 112 valence electrons. The molecule has 1 aromatic carbocycles. The summed E-state index contributed by atoms with van der Waals surface area (Å²) in [5, 5.41) is 8.62. The van der Waals surface area contributed by atoms with Gasteiger partial charge >= 0.3 is 5.97 Å². The van der Waals surface area contributed by atoms with E-state index in [2.05, 4.69) is 0 Å². The van der Waals surface area contributed by atoms with Crippen molar-refractivity contribution < 1.29 is 19.5 Å². The van der Waals surface area contributed by atoms with E-state index in [4.69, 9.17) is 10.8 Å². The summed E-state index contributed by atoms with van der Waals surface area (Å²) in [6.45, 7) is 2.40. The number of carbonyl (C=O) groups is 3. The minimum absolute atomic E-state index is 0.0826. The third-order valence-electron chi connectivity index (χ3n) is 2.90. The van der Waals surface area contributed by atoms with Crippen LogP contribution in [-0.4, -0.2) is 40.9 Å². The summed E-state index contributed by atoms with van der Waals surface area (Å²) in [7, 11) is 0. The van der Waals surface area contributed by atoms with Crippen molar-refractivity contribution in [2.75, 3.05) is 13.1 Å². The number of hydrogen-bond acceptors (Lipinski definition) is 3. The number of carboxylic acid groups (broad SMARTS) is 1. The maximum atomic E-state index is 11.9. The van der Waals surface area contributed by atoms with Gasteiger partial charge in [-0.2, -0.15) is 0 Å². The lowest BCUT2D eigenvalue weighted by Gasteiger charge is -2.17. The molecule has 0 radical (unpaired) electrons. The zero-order valence-electron chi connectivity index (χ0n) is 11.8. The molecular weight excluding hydrogens is 272 g/mol. The van der Waals surface area contributed by atoms with Crippen LogP contribution < -0.4 is 5.73 Å². The largest absolute Gasteiger partial charge is 0.481 e. The van der Waals surface area contributed by atoms with Crippen LogP contribution in [0.5, 0.6) is 0 Å². The number of primary amides is 1. The van der Waals surface area contributed by atoms with Crippen molar-refractivity contribution in [1.29, 1.82) is 0 Å². The average Bonchev–Trinajstić information content (AvgIpc) is 2.45. The lowest BCUT2D eigenvalue weighted by Crippen LogP contribution is -2.31. The highest BCUT2D eigenvalue weighted by Gasteiger charge is 2.09. The van der Waals surface area contributed by atoms with Crippen molar-refractivity contribution in [2.45, 2.75) is 13.3 Å². The Balaban J connectivity index is 2.67. The first-order chi connectivity index (χ1) is 9.93. The Hall–Kier alpha value is -2.63. The molecule has 6 nitrogen and oxygen atoms in total. The lowest BCUT2D eigenvalue weighted by atomic mass is 10.1. The van der Waals surface area contributed by atoms with Gasteiger partial charge in [-0.3, -0.25) is 14.4 Å². The van der Waals surface area contributed by atoms with Gasteiger partial charge < -0.3 is 15.7 Å². The fraction of sp³-hybridized carbons (Fsp3) is 0.267. The highest BCUT2D eigenvalue weighted by atomic mass is 16.4. The van der Waals surface area contributed by atoms with Gasteiger partial charge in [0.2, 0.25) is 11.8 Å². The molecule has 6 heteroatoms. The highest BCUT2D eigenvalue weighted by molar-refractivity contribution is 5.94. The summed E-state index contributed by atoms with van der Waals surface area (Å²) in [6, 6.07) is 6.51. The molecule has 0 unspecified atom stereocenters. The smallest absolute Gasteiger partial charge is 0.305 e. The number of nitrogens with zero attached hydrogens (tertiary/aromatic N) is 1. The predicted molar refractivity (Wildman–Crippen MR) is 78.5 cm³/mol. The van der Waals surface area contributed by atoms with Gasteiger partial charge in [-0.1, -0.05) is 12.1 Å². The molecule has 1 aromatic rings. The summed E-state index contributed by atoms with van der Waals surface area (Å²) < 4.78 is 0. The number of amides is 2. The summed E-state index contributed by atoms with van der Waals surface area (Å²) >= 11 is 0. The standard InChI is InChI=1S/C15H18N2O4/c1-2-17(10-9-14(19)20)13(18)8-5-11-3-6-12(7-4-11)15(16)21/h3-8H,2,9-10H2,1H3,(H2,16,21)(H,19,20)/b8-5+. The van der Waals surface area contributed by atoms with E-state index in [1.54, 1.807) is 37.3 Å². The molecule has 0 aliphatic carbocycles. The molecule has 0 atom stereocenters. The zero-order valence-corrected chi connectivity index (χ0v) is 11.8. The van der Waals surface area contributed by atoms with Gasteiger partial charge in [0, 0.05) is 24.7 Å². The molecule has 0 heterocycles. The Labute approximate surface area is 122 Å². The Bertz CT molecular complexity index is 549. The van der Waals surface area contributed by atoms with Gasteiger partial charge in [-0.05, 0) is 30.7 Å². The van der Waals surface area contributed by atoms with Gasteiger partial charge in [-0.25, -0.2) is 0 Å². The fourth-order valence-corrected chi connectivity index (χ4v) is 1.69. The van der Waals surface area contributed by atoms with Crippen LogP contribution in [0.25, 0.3) is 6.08 Å². The molecule has 0 bridgehead atoms. The third-order valence-corrected chi connectivity index (χ3v) is 2.90. The summed E-state index contributed by atoms with van der Waals surface area (Å²) in [6.07, 6.45) is 2.90. The topological polar surface area (TPSA) is 101 Å². The number of benzene rings is 1. The van der Waals surface area contributed by atoms with E-state index in [9.17, 15) is 14.4 Å². The molecule has 0 saturated carbocycles. The highest BCUT2D eigenvalue weighted by Crippen LogP contribution is 2.06. The van der Waals surface area contributed by atoms with E-state index in [0.717, 1.165) is 5.56 Å². The predicted octanol–water partition coefficient (Wildman–Crippen LogP) is 1.12. The third kappa shape index (κ3) is 5.48. The maximum Gasteiger partial charge on any atom is 0.305 e. The second-order valence-corrected chi connectivity index (χ2v) is 4.38. The molecule has 0 spiro atoms. The molecule has 0 saturated heterocycles. The number of likely N-dealkylation sites (N-methyl/N-ethyl adjacent to an activating group) is 1. The summed E-state index contributed by atoms with van der Waals surface area (Å²) in [5.41, 5.74) is 6.29. The van der Waals surface area contributed by atoms with Crippen LogP contribution in [0, 0.1) is 0 Å². The molecule has 0 aliphatic heterocycles. The number of carboxylic acids is 1. The van der Waals surface area contributed by atoms with Crippen molar-refractivity contribution in [1.82, 2.24) is 4.90 Å². The molecular formula is C15H18N2O4. The van der Waals surface area contributed by atoms with Crippen LogP contribution in [0.4, 0.5) is 0 Å². The minimum atomic E-state index is -0.938. The molecule has 3 N–H and O–H groups in total. The number of hydrogen-bond donors (Lipinski definition) is 2. The Morgan fingerprint density at radius 2 is 1.86 bits per heavy atom. The van der Waals surface area contributed by atoms with E-state index < -0.39 is 11.9 Å². The van der Waals surface area contributed by atoms with Crippen LogP contribution in [0.1, 0.15) is 29.3 Å². The van der Waals surface area contributed by atoms with Crippen LogP contribution in [0.15, 0.2) is 30.3 Å². The zero-order chi connectivity index (χ0) is 15.8. The van der Waals surface area contributed by atoms with E-state index >= 15 is 0 Å². The van der Waals surface area contributed by atoms with Crippen molar-refractivity contribution >= 4 is 23.9 Å². The minimum Gasteiger partial charge on any atom is -0.481 e. The van der Waals surface area contributed by atoms with Crippen LogP contribution in [0.2, 0.25) is 0 Å². The summed E-state index contributed by atoms with van der Waals surface area (Å²) in [4.78, 5) is 34.8. The van der Waals surface area contributed by atoms with Crippen molar-refractivity contribution in [3.8, 4) is 0 Å². The Morgan fingerprint density at radius 3 is 2.33 bits per heavy atom. The molecule has 0 aromatic heterocycles. The van der Waals surface area contributed by atoms with Crippen molar-refractivity contribution in [3.63, 3.8) is 0 Å². The number of rotatable bonds is 7. The first-order valence-corrected chi connectivity index (χ1v) is 6.52. The Morgan fingerprint density at radius 1 is 1.24 bits per heavy atom. The molecule has 21 heavy (non-hydrogen) atoms. The monoisotopic (exact) mass is 290 g/mol. The first kappa shape index (κ1) is 16.4. The molecule has 0 fully saturated rings. The van der Waals surface area contributed by atoms with Crippen LogP contribution in [-0.2, 0) is 9.59 Å². The van der Waals surface area contributed by atoms with Crippen LogP contribution in [0.3, 0.4) is 0 Å².